The third-order valence-corrected chi connectivity index (χ3v) is 3.60. The molecule has 2 N–H and O–H groups in total. The average molecular weight is 332 g/mol. The van der Waals surface area contributed by atoms with Crippen LogP contribution in [0.15, 0.2) is 22.7 Å². The van der Waals surface area contributed by atoms with Gasteiger partial charge < -0.3 is 19.9 Å². The molecule has 0 aliphatic heterocycles. The summed E-state index contributed by atoms with van der Waals surface area (Å²) < 4.78 is 11.4. The third kappa shape index (κ3) is 4.45. The highest BCUT2D eigenvalue weighted by Crippen LogP contribution is 2.29. The molecular weight excluding hydrogens is 310 g/mol. The molecule has 5 heteroatoms. The molecule has 2 atom stereocenters. The minimum atomic E-state index is -0.316. The number of benzene rings is 1. The van der Waals surface area contributed by atoms with Gasteiger partial charge in [-0.05, 0) is 31.5 Å². The van der Waals surface area contributed by atoms with Crippen LogP contribution in [0.1, 0.15) is 31.9 Å². The zero-order valence-corrected chi connectivity index (χ0v) is 13.4. The van der Waals surface area contributed by atoms with E-state index in [2.05, 4.69) is 28.2 Å². The van der Waals surface area contributed by atoms with Gasteiger partial charge >= 0.3 is 0 Å². The first-order chi connectivity index (χ1) is 9.03. The van der Waals surface area contributed by atoms with Crippen molar-refractivity contribution in [2.75, 3.05) is 14.2 Å². The second-order valence-electron chi connectivity index (χ2n) is 4.46. The lowest BCUT2D eigenvalue weighted by Crippen LogP contribution is -2.41. The van der Waals surface area contributed by atoms with E-state index in [0.717, 1.165) is 16.5 Å². The minimum absolute atomic E-state index is 0.0123. The molecule has 2 unspecified atom stereocenters. The fourth-order valence-electron chi connectivity index (χ4n) is 2.13. The maximum atomic E-state index is 9.98. The molecular formula is C14H22BrNO3. The summed E-state index contributed by atoms with van der Waals surface area (Å²) in [6.45, 7) is 4.06. The van der Waals surface area contributed by atoms with Crippen LogP contribution >= 0.6 is 15.9 Å². The molecule has 4 nitrogen and oxygen atoms in total. The van der Waals surface area contributed by atoms with E-state index in [1.54, 1.807) is 20.3 Å². The Labute approximate surface area is 123 Å². The lowest BCUT2D eigenvalue weighted by atomic mass is 10.0. The van der Waals surface area contributed by atoms with Gasteiger partial charge in [-0.3, -0.25) is 0 Å². The van der Waals surface area contributed by atoms with E-state index in [4.69, 9.17) is 9.47 Å². The maximum absolute atomic E-state index is 9.98. The van der Waals surface area contributed by atoms with Crippen LogP contribution < -0.4 is 5.32 Å². The molecule has 1 aromatic rings. The van der Waals surface area contributed by atoms with Crippen molar-refractivity contribution in [2.45, 2.75) is 38.6 Å². The van der Waals surface area contributed by atoms with Crippen molar-refractivity contribution in [3.05, 3.63) is 28.2 Å². The minimum Gasteiger partial charge on any atom is -0.508 e. The standard InChI is InChI=1S/C14H22BrNO3/c1-5-12(16-9(2)14(18-3)19-4)11-8-10(15)6-7-13(11)17/h6-9,12,14,16-17H,5H2,1-4H3. The number of hydrogen-bond acceptors (Lipinski definition) is 4. The van der Waals surface area contributed by atoms with Crippen molar-refractivity contribution in [1.82, 2.24) is 5.32 Å². The number of nitrogens with one attached hydrogen (secondary N) is 1. The Morgan fingerprint density at radius 3 is 2.47 bits per heavy atom. The van der Waals surface area contributed by atoms with Crippen molar-refractivity contribution >= 4 is 15.9 Å². The van der Waals surface area contributed by atoms with Gasteiger partial charge in [0, 0.05) is 30.3 Å². The molecule has 0 saturated carbocycles. The highest BCUT2D eigenvalue weighted by Gasteiger charge is 2.21. The van der Waals surface area contributed by atoms with Crippen molar-refractivity contribution < 1.29 is 14.6 Å². The fraction of sp³-hybridized carbons (Fsp3) is 0.571. The molecule has 0 aliphatic carbocycles. The summed E-state index contributed by atoms with van der Waals surface area (Å²) in [5.41, 5.74) is 0.870. The van der Waals surface area contributed by atoms with E-state index >= 15 is 0 Å². The van der Waals surface area contributed by atoms with Crippen molar-refractivity contribution in [3.63, 3.8) is 0 Å². The monoisotopic (exact) mass is 331 g/mol. The first-order valence-electron chi connectivity index (χ1n) is 6.33. The van der Waals surface area contributed by atoms with Gasteiger partial charge in [0.15, 0.2) is 6.29 Å². The van der Waals surface area contributed by atoms with Gasteiger partial charge in [0.25, 0.3) is 0 Å². The molecule has 0 aromatic heterocycles. The van der Waals surface area contributed by atoms with Crippen LogP contribution in [0, 0.1) is 0 Å². The van der Waals surface area contributed by atoms with E-state index in [0.29, 0.717) is 5.75 Å². The van der Waals surface area contributed by atoms with Crippen LogP contribution in [0.2, 0.25) is 0 Å². The largest absolute Gasteiger partial charge is 0.508 e. The van der Waals surface area contributed by atoms with Crippen LogP contribution in [0.25, 0.3) is 0 Å². The van der Waals surface area contributed by atoms with Crippen molar-refractivity contribution in [3.8, 4) is 5.75 Å². The Bertz CT molecular complexity index is 396. The number of phenolic OH excluding ortho intramolecular Hbond substituents is 1. The van der Waals surface area contributed by atoms with Gasteiger partial charge in [0.2, 0.25) is 0 Å². The van der Waals surface area contributed by atoms with Crippen molar-refractivity contribution in [2.24, 2.45) is 0 Å². The van der Waals surface area contributed by atoms with Gasteiger partial charge in [0.1, 0.15) is 5.75 Å². The number of methoxy groups -OCH3 is 2. The Hall–Kier alpha value is -0.620. The zero-order valence-electron chi connectivity index (χ0n) is 11.8. The van der Waals surface area contributed by atoms with Crippen LogP contribution in [-0.2, 0) is 9.47 Å². The highest BCUT2D eigenvalue weighted by atomic mass is 79.9. The molecule has 0 heterocycles. The van der Waals surface area contributed by atoms with Crippen molar-refractivity contribution in [1.29, 1.82) is 0 Å². The van der Waals surface area contributed by atoms with E-state index in [1.807, 2.05) is 19.1 Å². The van der Waals surface area contributed by atoms with Gasteiger partial charge in [0.05, 0.1) is 6.04 Å². The predicted molar refractivity (Wildman–Crippen MR) is 79.2 cm³/mol. The van der Waals surface area contributed by atoms with E-state index in [9.17, 15) is 5.11 Å². The molecule has 0 fully saturated rings. The Morgan fingerprint density at radius 1 is 1.32 bits per heavy atom. The Morgan fingerprint density at radius 2 is 1.95 bits per heavy atom. The second kappa shape index (κ2) is 7.85. The first-order valence-corrected chi connectivity index (χ1v) is 7.12. The van der Waals surface area contributed by atoms with Gasteiger partial charge in [-0.1, -0.05) is 22.9 Å². The van der Waals surface area contributed by atoms with Crippen LogP contribution in [-0.4, -0.2) is 31.7 Å². The molecule has 19 heavy (non-hydrogen) atoms. The summed E-state index contributed by atoms with van der Waals surface area (Å²) in [5, 5.41) is 13.4. The quantitative estimate of drug-likeness (QED) is 0.753. The van der Waals surface area contributed by atoms with E-state index in [1.165, 1.54) is 0 Å². The summed E-state index contributed by atoms with van der Waals surface area (Å²) in [5.74, 6) is 0.293. The summed E-state index contributed by atoms with van der Waals surface area (Å²) >= 11 is 3.43. The number of rotatable bonds is 7. The zero-order chi connectivity index (χ0) is 14.4. The topological polar surface area (TPSA) is 50.7 Å². The molecule has 0 radical (unpaired) electrons. The number of halogens is 1. The summed E-state index contributed by atoms with van der Waals surface area (Å²) in [7, 11) is 3.23. The molecule has 0 bridgehead atoms. The molecule has 0 aliphatic rings. The van der Waals surface area contributed by atoms with Gasteiger partial charge in [-0.2, -0.15) is 0 Å². The number of ether oxygens (including phenoxy) is 2. The van der Waals surface area contributed by atoms with Gasteiger partial charge in [-0.25, -0.2) is 0 Å². The maximum Gasteiger partial charge on any atom is 0.171 e. The molecule has 0 spiro atoms. The summed E-state index contributed by atoms with van der Waals surface area (Å²) in [4.78, 5) is 0. The van der Waals surface area contributed by atoms with E-state index < -0.39 is 0 Å². The third-order valence-electron chi connectivity index (χ3n) is 3.11. The first kappa shape index (κ1) is 16.4. The lowest BCUT2D eigenvalue weighted by molar-refractivity contribution is -0.121. The van der Waals surface area contributed by atoms with E-state index in [-0.39, 0.29) is 18.4 Å². The lowest BCUT2D eigenvalue weighted by Gasteiger charge is -2.27. The molecule has 108 valence electrons. The number of hydrogen-bond donors (Lipinski definition) is 2. The van der Waals surface area contributed by atoms with Gasteiger partial charge in [-0.15, -0.1) is 0 Å². The van der Waals surface area contributed by atoms with Crippen LogP contribution in [0.5, 0.6) is 5.75 Å². The summed E-state index contributed by atoms with van der Waals surface area (Å²) in [6.07, 6.45) is 0.539. The summed E-state index contributed by atoms with van der Waals surface area (Å²) in [6, 6.07) is 5.50. The molecule has 1 aromatic carbocycles. The average Bonchev–Trinajstić information content (AvgIpc) is 2.40. The second-order valence-corrected chi connectivity index (χ2v) is 5.37. The Kier molecular flexibility index (Phi) is 6.79. The predicted octanol–water partition coefficient (Wildman–Crippen LogP) is 3.20. The normalized spacial score (nSPS) is 14.6. The van der Waals surface area contributed by atoms with Crippen LogP contribution in [0.3, 0.4) is 0 Å². The fourth-order valence-corrected chi connectivity index (χ4v) is 2.51. The number of phenols is 1. The smallest absolute Gasteiger partial charge is 0.171 e. The van der Waals surface area contributed by atoms with Crippen LogP contribution in [0.4, 0.5) is 0 Å². The molecule has 0 amide bonds. The Balaban J connectivity index is 2.86. The SMILES string of the molecule is CCC(NC(C)C(OC)OC)c1cc(Br)ccc1O. The number of aromatic hydroxyl groups is 1. The highest BCUT2D eigenvalue weighted by molar-refractivity contribution is 9.10. The molecule has 1 rings (SSSR count). The molecule has 0 saturated heterocycles.